The summed E-state index contributed by atoms with van der Waals surface area (Å²) < 4.78 is 0. The maximum absolute atomic E-state index is 5.43. The van der Waals surface area contributed by atoms with E-state index in [0.717, 1.165) is 28.2 Å². The van der Waals surface area contributed by atoms with Gasteiger partial charge in [-0.25, -0.2) is 9.97 Å². The first-order valence-electron chi connectivity index (χ1n) is 14.8. The molecule has 7 aromatic rings. The molecule has 0 radical (unpaired) electrons. The van der Waals surface area contributed by atoms with Crippen LogP contribution < -0.4 is 10.5 Å². The molecule has 0 aliphatic carbocycles. The van der Waals surface area contributed by atoms with Crippen LogP contribution in [-0.4, -0.2) is 18.0 Å². The van der Waals surface area contributed by atoms with Crippen LogP contribution in [0.2, 0.25) is 13.1 Å². The Labute approximate surface area is 253 Å². The summed E-state index contributed by atoms with van der Waals surface area (Å²) in [7, 11) is -2.15. The Bertz CT molecular complexity index is 2150. The molecule has 204 valence electrons. The van der Waals surface area contributed by atoms with E-state index in [4.69, 9.17) is 9.97 Å². The van der Waals surface area contributed by atoms with Crippen molar-refractivity contribution in [2.75, 3.05) is 0 Å². The zero-order chi connectivity index (χ0) is 29.0. The number of benzene rings is 6. The van der Waals surface area contributed by atoms with Gasteiger partial charge in [-0.15, -0.1) is 0 Å². The van der Waals surface area contributed by atoms with E-state index in [2.05, 4.69) is 159 Å². The van der Waals surface area contributed by atoms with Crippen LogP contribution in [-0.2, 0) is 0 Å². The van der Waals surface area contributed by atoms with E-state index in [9.17, 15) is 0 Å². The second kappa shape index (κ2) is 10.0. The highest BCUT2D eigenvalue weighted by atomic mass is 28.3. The number of fused-ring (bicyclic) bond motifs is 5. The van der Waals surface area contributed by atoms with E-state index in [0.29, 0.717) is 0 Å². The van der Waals surface area contributed by atoms with Crippen LogP contribution in [0.5, 0.6) is 0 Å². The van der Waals surface area contributed by atoms with Gasteiger partial charge in [0.2, 0.25) is 0 Å². The lowest BCUT2D eigenvalue weighted by molar-refractivity contribution is 1.21. The topological polar surface area (TPSA) is 25.8 Å². The SMILES string of the molecule is C[Si]1(C)c2nc(-c3cccc(-c4cccc(-c5ccccc5)c4)c3)nc(-c3ccccc3)c2-c2ccc3ccccc3c21. The van der Waals surface area contributed by atoms with Crippen molar-refractivity contribution in [2.24, 2.45) is 0 Å². The molecule has 6 aromatic carbocycles. The third-order valence-electron chi connectivity index (χ3n) is 8.80. The Morgan fingerprint density at radius 3 is 1.74 bits per heavy atom. The fourth-order valence-electron chi connectivity index (χ4n) is 6.72. The third kappa shape index (κ3) is 4.24. The first-order chi connectivity index (χ1) is 21.1. The molecule has 43 heavy (non-hydrogen) atoms. The van der Waals surface area contributed by atoms with Crippen molar-refractivity contribution < 1.29 is 0 Å². The molecule has 0 saturated carbocycles. The molecule has 0 bridgehead atoms. The third-order valence-corrected chi connectivity index (χ3v) is 12.1. The van der Waals surface area contributed by atoms with Gasteiger partial charge in [0.05, 0.1) is 5.69 Å². The Morgan fingerprint density at radius 2 is 1.02 bits per heavy atom. The van der Waals surface area contributed by atoms with Gasteiger partial charge in [-0.3, -0.25) is 0 Å². The molecule has 3 heteroatoms. The summed E-state index contributed by atoms with van der Waals surface area (Å²) in [6.07, 6.45) is 0. The Hall–Kier alpha value is -5.12. The lowest BCUT2D eigenvalue weighted by Gasteiger charge is -2.20. The second-order valence-corrected chi connectivity index (χ2v) is 16.1. The summed E-state index contributed by atoms with van der Waals surface area (Å²) in [6.45, 7) is 4.89. The predicted molar refractivity (Wildman–Crippen MR) is 183 cm³/mol. The molecule has 0 N–H and O–H groups in total. The highest BCUT2D eigenvalue weighted by Crippen LogP contribution is 2.38. The van der Waals surface area contributed by atoms with E-state index in [1.165, 1.54) is 49.1 Å². The summed E-state index contributed by atoms with van der Waals surface area (Å²) in [5, 5.41) is 5.32. The van der Waals surface area contributed by atoms with Crippen molar-refractivity contribution in [2.45, 2.75) is 13.1 Å². The second-order valence-electron chi connectivity index (χ2n) is 11.8. The molecule has 0 unspecified atom stereocenters. The van der Waals surface area contributed by atoms with Crippen LogP contribution in [0, 0.1) is 0 Å². The first-order valence-corrected chi connectivity index (χ1v) is 17.8. The van der Waals surface area contributed by atoms with Gasteiger partial charge in [0.1, 0.15) is 8.07 Å². The van der Waals surface area contributed by atoms with Crippen molar-refractivity contribution in [1.29, 1.82) is 0 Å². The lowest BCUT2D eigenvalue weighted by atomic mass is 9.97. The maximum Gasteiger partial charge on any atom is 0.159 e. The van der Waals surface area contributed by atoms with E-state index < -0.39 is 8.07 Å². The van der Waals surface area contributed by atoms with Crippen LogP contribution in [0.3, 0.4) is 0 Å². The van der Waals surface area contributed by atoms with Crippen LogP contribution in [0.1, 0.15) is 0 Å². The van der Waals surface area contributed by atoms with Gasteiger partial charge in [0, 0.05) is 22.0 Å². The van der Waals surface area contributed by atoms with Gasteiger partial charge in [0.25, 0.3) is 0 Å². The van der Waals surface area contributed by atoms with Gasteiger partial charge in [-0.2, -0.15) is 0 Å². The predicted octanol–water partition coefficient (Wildman–Crippen LogP) is 9.10. The standard InChI is InChI=1S/C40H30N2Si/c1-43(2)38-34-22-10-9-15-28(34)23-24-35(38)36-37(29-16-7-4-8-17-29)41-39(42-40(36)43)33-21-12-20-32(26-33)31-19-11-18-30(25-31)27-13-5-3-6-14-27/h3-26H,1-2H3. The van der Waals surface area contributed by atoms with Crippen molar-refractivity contribution in [3.8, 4) is 56.0 Å². The van der Waals surface area contributed by atoms with Crippen molar-refractivity contribution in [1.82, 2.24) is 9.97 Å². The number of nitrogens with zero attached hydrogens (tertiary/aromatic N) is 2. The lowest BCUT2D eigenvalue weighted by Crippen LogP contribution is -2.51. The van der Waals surface area contributed by atoms with Crippen LogP contribution in [0.25, 0.3) is 66.8 Å². The number of rotatable bonds is 4. The molecule has 0 amide bonds. The van der Waals surface area contributed by atoms with E-state index >= 15 is 0 Å². The number of aromatic nitrogens is 2. The monoisotopic (exact) mass is 566 g/mol. The maximum atomic E-state index is 5.43. The Kier molecular flexibility index (Phi) is 5.95. The average molecular weight is 567 g/mol. The summed E-state index contributed by atoms with van der Waals surface area (Å²) in [5.74, 6) is 0.788. The number of hydrogen-bond donors (Lipinski definition) is 0. The summed E-state index contributed by atoms with van der Waals surface area (Å²) in [6, 6.07) is 52.0. The van der Waals surface area contributed by atoms with Gasteiger partial charge >= 0.3 is 0 Å². The molecule has 0 saturated heterocycles. The van der Waals surface area contributed by atoms with Crippen molar-refractivity contribution >= 4 is 29.4 Å². The zero-order valence-electron chi connectivity index (χ0n) is 24.3. The first kappa shape index (κ1) is 25.6. The normalized spacial score (nSPS) is 13.1. The molecule has 0 atom stereocenters. The van der Waals surface area contributed by atoms with Gasteiger partial charge in [-0.05, 0) is 55.9 Å². The molecular formula is C40H30N2Si. The smallest absolute Gasteiger partial charge is 0.159 e. The average Bonchev–Trinajstić information content (AvgIpc) is 3.31. The van der Waals surface area contributed by atoms with E-state index in [1.54, 1.807) is 0 Å². The summed E-state index contributed by atoms with van der Waals surface area (Å²) >= 11 is 0. The zero-order valence-corrected chi connectivity index (χ0v) is 25.3. The number of hydrogen-bond acceptors (Lipinski definition) is 2. The van der Waals surface area contributed by atoms with Gasteiger partial charge in [0.15, 0.2) is 5.82 Å². The quantitative estimate of drug-likeness (QED) is 0.199. The highest BCUT2D eigenvalue weighted by molar-refractivity contribution is 7.04. The fourth-order valence-corrected chi connectivity index (χ4v) is 10.0. The largest absolute Gasteiger partial charge is 0.237 e. The molecule has 2 heterocycles. The van der Waals surface area contributed by atoms with Crippen molar-refractivity contribution in [3.05, 3.63) is 146 Å². The van der Waals surface area contributed by atoms with Crippen LogP contribution in [0.4, 0.5) is 0 Å². The van der Waals surface area contributed by atoms with E-state index in [-0.39, 0.29) is 0 Å². The van der Waals surface area contributed by atoms with Gasteiger partial charge < -0.3 is 0 Å². The molecule has 1 aliphatic heterocycles. The summed E-state index contributed by atoms with van der Waals surface area (Å²) in [4.78, 5) is 10.8. The van der Waals surface area contributed by atoms with Crippen molar-refractivity contribution in [3.63, 3.8) is 0 Å². The summed E-state index contributed by atoms with van der Waals surface area (Å²) in [5.41, 5.74) is 10.4. The van der Waals surface area contributed by atoms with Crippen LogP contribution in [0.15, 0.2) is 146 Å². The molecule has 1 aromatic heterocycles. The van der Waals surface area contributed by atoms with Crippen LogP contribution >= 0.6 is 0 Å². The Morgan fingerprint density at radius 1 is 0.465 bits per heavy atom. The molecular weight excluding hydrogens is 537 g/mol. The molecule has 8 rings (SSSR count). The highest BCUT2D eigenvalue weighted by Gasteiger charge is 2.42. The molecule has 2 nitrogen and oxygen atoms in total. The minimum atomic E-state index is -2.15. The fraction of sp³-hybridized carbons (Fsp3) is 0.0500. The Balaban J connectivity index is 1.32. The molecule has 0 fully saturated rings. The molecule has 0 spiro atoms. The van der Waals surface area contributed by atoms with E-state index in [1.807, 2.05) is 0 Å². The minimum absolute atomic E-state index is 0.788. The molecule has 1 aliphatic rings. The van der Waals surface area contributed by atoms with Gasteiger partial charge in [-0.1, -0.05) is 147 Å². The minimum Gasteiger partial charge on any atom is -0.237 e.